The summed E-state index contributed by atoms with van der Waals surface area (Å²) in [6.07, 6.45) is 0.980. The molecule has 0 radical (unpaired) electrons. The SMILES string of the molecule is CCC(N)CC(=O)NC(C)C(=O)NCCOC. The zero-order valence-corrected chi connectivity index (χ0v) is 10.8. The first kappa shape index (κ1) is 15.9. The van der Waals surface area contributed by atoms with E-state index < -0.39 is 6.04 Å². The lowest BCUT2D eigenvalue weighted by atomic mass is 10.1. The third-order valence-corrected chi connectivity index (χ3v) is 2.35. The van der Waals surface area contributed by atoms with Gasteiger partial charge in [-0.25, -0.2) is 0 Å². The van der Waals surface area contributed by atoms with Crippen molar-refractivity contribution in [2.24, 2.45) is 5.73 Å². The van der Waals surface area contributed by atoms with E-state index in [-0.39, 0.29) is 24.3 Å². The zero-order chi connectivity index (χ0) is 13.3. The van der Waals surface area contributed by atoms with E-state index in [0.717, 1.165) is 6.42 Å². The highest BCUT2D eigenvalue weighted by Crippen LogP contribution is 1.94. The molecule has 0 rings (SSSR count). The van der Waals surface area contributed by atoms with E-state index in [1.165, 1.54) is 0 Å². The molecule has 0 aromatic carbocycles. The molecule has 0 aliphatic rings. The number of carbonyl (C=O) groups excluding carboxylic acids is 2. The molecule has 6 heteroatoms. The summed E-state index contributed by atoms with van der Waals surface area (Å²) in [5.41, 5.74) is 5.65. The molecule has 0 saturated carbocycles. The maximum atomic E-state index is 11.5. The van der Waals surface area contributed by atoms with Crippen LogP contribution in [0.15, 0.2) is 0 Å². The minimum atomic E-state index is -0.552. The third-order valence-electron chi connectivity index (χ3n) is 2.35. The number of hydrogen-bond donors (Lipinski definition) is 3. The lowest BCUT2D eigenvalue weighted by molar-refractivity contribution is -0.128. The van der Waals surface area contributed by atoms with Crippen LogP contribution in [0.3, 0.4) is 0 Å². The number of ether oxygens (including phenoxy) is 1. The highest BCUT2D eigenvalue weighted by Gasteiger charge is 2.16. The molecular formula is C11H23N3O3. The van der Waals surface area contributed by atoms with Crippen molar-refractivity contribution in [2.75, 3.05) is 20.3 Å². The molecule has 0 saturated heterocycles. The average molecular weight is 245 g/mol. The van der Waals surface area contributed by atoms with Gasteiger partial charge in [0.05, 0.1) is 6.61 Å². The van der Waals surface area contributed by atoms with Gasteiger partial charge < -0.3 is 21.1 Å². The van der Waals surface area contributed by atoms with E-state index in [9.17, 15) is 9.59 Å². The van der Waals surface area contributed by atoms with Gasteiger partial charge in [-0.15, -0.1) is 0 Å². The minimum Gasteiger partial charge on any atom is -0.383 e. The maximum absolute atomic E-state index is 11.5. The molecule has 2 atom stereocenters. The molecule has 0 heterocycles. The average Bonchev–Trinajstić information content (AvgIpc) is 2.28. The first-order valence-corrected chi connectivity index (χ1v) is 5.82. The molecule has 2 unspecified atom stereocenters. The standard InChI is InChI=1S/C11H23N3O3/c1-4-9(12)7-10(15)14-8(2)11(16)13-5-6-17-3/h8-9H,4-7,12H2,1-3H3,(H,13,16)(H,14,15). The number of carbonyl (C=O) groups is 2. The Morgan fingerprint density at radius 1 is 1.41 bits per heavy atom. The van der Waals surface area contributed by atoms with Crippen LogP contribution in [0.4, 0.5) is 0 Å². The van der Waals surface area contributed by atoms with Crippen LogP contribution < -0.4 is 16.4 Å². The number of nitrogens with two attached hydrogens (primary N) is 1. The van der Waals surface area contributed by atoms with Crippen molar-refractivity contribution >= 4 is 11.8 Å². The first-order valence-electron chi connectivity index (χ1n) is 5.82. The second-order valence-corrected chi connectivity index (χ2v) is 3.95. The predicted molar refractivity (Wildman–Crippen MR) is 65.4 cm³/mol. The molecule has 0 bridgehead atoms. The molecule has 6 nitrogen and oxygen atoms in total. The van der Waals surface area contributed by atoms with Crippen molar-refractivity contribution < 1.29 is 14.3 Å². The molecule has 0 fully saturated rings. The van der Waals surface area contributed by atoms with Gasteiger partial charge in [0, 0.05) is 26.1 Å². The molecular weight excluding hydrogens is 222 g/mol. The van der Waals surface area contributed by atoms with Crippen molar-refractivity contribution in [3.05, 3.63) is 0 Å². The lowest BCUT2D eigenvalue weighted by Gasteiger charge is -2.15. The molecule has 0 aromatic heterocycles. The Labute approximate surface area is 102 Å². The summed E-state index contributed by atoms with van der Waals surface area (Å²) >= 11 is 0. The second-order valence-electron chi connectivity index (χ2n) is 3.95. The van der Waals surface area contributed by atoms with Crippen molar-refractivity contribution in [1.82, 2.24) is 10.6 Å². The monoisotopic (exact) mass is 245 g/mol. The Bertz CT molecular complexity index is 246. The molecule has 4 N–H and O–H groups in total. The Balaban J connectivity index is 3.86. The van der Waals surface area contributed by atoms with Crippen LogP contribution in [-0.4, -0.2) is 44.2 Å². The fourth-order valence-corrected chi connectivity index (χ4v) is 1.18. The van der Waals surface area contributed by atoms with Gasteiger partial charge in [0.15, 0.2) is 0 Å². The topological polar surface area (TPSA) is 93.5 Å². The van der Waals surface area contributed by atoms with Crippen LogP contribution in [0.5, 0.6) is 0 Å². The Kier molecular flexibility index (Phi) is 8.35. The molecule has 0 aliphatic carbocycles. The summed E-state index contributed by atoms with van der Waals surface area (Å²) in [6, 6.07) is -0.706. The summed E-state index contributed by atoms with van der Waals surface area (Å²) in [5, 5.41) is 5.25. The van der Waals surface area contributed by atoms with Gasteiger partial charge in [-0.1, -0.05) is 6.92 Å². The first-order chi connectivity index (χ1) is 8.01. The van der Waals surface area contributed by atoms with Crippen LogP contribution in [0.25, 0.3) is 0 Å². The van der Waals surface area contributed by atoms with Gasteiger partial charge in [-0.2, -0.15) is 0 Å². The van der Waals surface area contributed by atoms with Crippen LogP contribution >= 0.6 is 0 Å². The Morgan fingerprint density at radius 2 is 2.06 bits per heavy atom. The fourth-order valence-electron chi connectivity index (χ4n) is 1.18. The van der Waals surface area contributed by atoms with Crippen molar-refractivity contribution in [1.29, 1.82) is 0 Å². The largest absolute Gasteiger partial charge is 0.383 e. The summed E-state index contributed by atoms with van der Waals surface area (Å²) in [6.45, 7) is 4.44. The molecule has 0 aromatic rings. The van der Waals surface area contributed by atoms with Gasteiger partial charge in [-0.05, 0) is 13.3 Å². The Morgan fingerprint density at radius 3 is 2.59 bits per heavy atom. The van der Waals surface area contributed by atoms with E-state index in [1.807, 2.05) is 6.92 Å². The van der Waals surface area contributed by atoms with Gasteiger partial charge in [0.1, 0.15) is 6.04 Å². The van der Waals surface area contributed by atoms with E-state index in [2.05, 4.69) is 10.6 Å². The summed E-state index contributed by atoms with van der Waals surface area (Å²) in [7, 11) is 1.56. The van der Waals surface area contributed by atoms with Crippen LogP contribution in [0.1, 0.15) is 26.7 Å². The van der Waals surface area contributed by atoms with Crippen LogP contribution in [0.2, 0.25) is 0 Å². The normalized spacial score (nSPS) is 13.9. The number of nitrogens with one attached hydrogen (secondary N) is 2. The second kappa shape index (κ2) is 8.95. The summed E-state index contributed by atoms with van der Waals surface area (Å²) < 4.78 is 4.80. The fraction of sp³-hybridized carbons (Fsp3) is 0.818. The van der Waals surface area contributed by atoms with Crippen LogP contribution in [-0.2, 0) is 14.3 Å². The highest BCUT2D eigenvalue weighted by molar-refractivity contribution is 5.87. The number of amides is 2. The van der Waals surface area contributed by atoms with Gasteiger partial charge >= 0.3 is 0 Å². The maximum Gasteiger partial charge on any atom is 0.242 e. The molecule has 100 valence electrons. The van der Waals surface area contributed by atoms with Crippen LogP contribution in [0, 0.1) is 0 Å². The van der Waals surface area contributed by atoms with Crippen molar-refractivity contribution in [3.8, 4) is 0 Å². The summed E-state index contributed by atoms with van der Waals surface area (Å²) in [4.78, 5) is 23.0. The third kappa shape index (κ3) is 7.70. The lowest BCUT2D eigenvalue weighted by Crippen LogP contribution is -2.46. The number of rotatable bonds is 8. The van der Waals surface area contributed by atoms with E-state index in [1.54, 1.807) is 14.0 Å². The van der Waals surface area contributed by atoms with E-state index >= 15 is 0 Å². The minimum absolute atomic E-state index is 0.154. The molecule has 17 heavy (non-hydrogen) atoms. The zero-order valence-electron chi connectivity index (χ0n) is 10.8. The predicted octanol–water partition coefficient (Wildman–Crippen LogP) is -0.619. The van der Waals surface area contributed by atoms with E-state index in [0.29, 0.717) is 13.2 Å². The molecule has 0 spiro atoms. The molecule has 2 amide bonds. The Hall–Kier alpha value is -1.14. The number of hydrogen-bond acceptors (Lipinski definition) is 4. The van der Waals surface area contributed by atoms with Gasteiger partial charge in [-0.3, -0.25) is 9.59 Å². The quantitative estimate of drug-likeness (QED) is 0.497. The van der Waals surface area contributed by atoms with Gasteiger partial charge in [0.25, 0.3) is 0 Å². The van der Waals surface area contributed by atoms with Crippen molar-refractivity contribution in [2.45, 2.75) is 38.8 Å². The smallest absolute Gasteiger partial charge is 0.242 e. The van der Waals surface area contributed by atoms with E-state index in [4.69, 9.17) is 10.5 Å². The highest BCUT2D eigenvalue weighted by atomic mass is 16.5. The number of methoxy groups -OCH3 is 1. The molecule has 0 aliphatic heterocycles. The summed E-state index contributed by atoms with van der Waals surface area (Å²) in [5.74, 6) is -0.422. The van der Waals surface area contributed by atoms with Crippen molar-refractivity contribution in [3.63, 3.8) is 0 Å². The van der Waals surface area contributed by atoms with Gasteiger partial charge in [0.2, 0.25) is 11.8 Å².